The van der Waals surface area contributed by atoms with Gasteiger partial charge in [0.2, 0.25) is 5.96 Å². The minimum atomic E-state index is 0.428. The maximum Gasteiger partial charge on any atom is 0.208 e. The summed E-state index contributed by atoms with van der Waals surface area (Å²) in [6.07, 6.45) is 8.54. The summed E-state index contributed by atoms with van der Waals surface area (Å²) in [6.45, 7) is 3.79. The summed E-state index contributed by atoms with van der Waals surface area (Å²) in [4.78, 5) is 11.0. The first-order valence-electron chi connectivity index (χ1n) is 7.01. The van der Waals surface area contributed by atoms with E-state index in [-0.39, 0.29) is 0 Å². The van der Waals surface area contributed by atoms with Crippen LogP contribution in [0.3, 0.4) is 0 Å². The molecule has 0 bridgehead atoms. The highest BCUT2D eigenvalue weighted by atomic mass is 15.4. The zero-order chi connectivity index (χ0) is 13.5. The molecule has 1 heterocycles. The molecule has 1 fully saturated rings. The molecule has 19 heavy (non-hydrogen) atoms. The second-order valence-corrected chi connectivity index (χ2v) is 4.90. The number of hydrogen-bond donors (Lipinski definition) is 2. The molecule has 0 amide bonds. The van der Waals surface area contributed by atoms with Gasteiger partial charge in [-0.25, -0.2) is 10.8 Å². The first kappa shape index (κ1) is 13.8. The van der Waals surface area contributed by atoms with E-state index in [4.69, 9.17) is 10.8 Å². The largest absolute Gasteiger partial charge is 0.338 e. The third kappa shape index (κ3) is 3.92. The molecule has 1 aromatic heterocycles. The van der Waals surface area contributed by atoms with Gasteiger partial charge in [-0.05, 0) is 37.5 Å². The third-order valence-corrected chi connectivity index (χ3v) is 3.56. The van der Waals surface area contributed by atoms with Crippen molar-refractivity contribution in [3.05, 3.63) is 30.1 Å². The maximum atomic E-state index is 5.65. The van der Waals surface area contributed by atoms with Gasteiger partial charge < -0.3 is 4.90 Å². The Bertz CT molecular complexity index is 398. The highest BCUT2D eigenvalue weighted by molar-refractivity contribution is 5.79. The van der Waals surface area contributed by atoms with Crippen molar-refractivity contribution >= 4 is 5.96 Å². The van der Waals surface area contributed by atoms with Crippen molar-refractivity contribution in [3.8, 4) is 0 Å². The Kier molecular flexibility index (Phi) is 5.15. The lowest BCUT2D eigenvalue weighted by atomic mass is 10.2. The molecule has 0 aliphatic heterocycles. The Morgan fingerprint density at radius 3 is 2.68 bits per heavy atom. The average molecular weight is 261 g/mol. The van der Waals surface area contributed by atoms with Crippen molar-refractivity contribution in [1.29, 1.82) is 0 Å². The number of nitrogens with one attached hydrogen (secondary N) is 1. The molecule has 0 radical (unpaired) electrons. The van der Waals surface area contributed by atoms with Gasteiger partial charge >= 0.3 is 0 Å². The van der Waals surface area contributed by atoms with E-state index in [2.05, 4.69) is 22.2 Å². The van der Waals surface area contributed by atoms with Crippen LogP contribution in [0.2, 0.25) is 0 Å². The van der Waals surface area contributed by atoms with E-state index in [9.17, 15) is 0 Å². The lowest BCUT2D eigenvalue weighted by molar-refractivity contribution is 0.413. The molecule has 0 atom stereocenters. The molecule has 5 heteroatoms. The second-order valence-electron chi connectivity index (χ2n) is 4.90. The molecule has 0 unspecified atom stereocenters. The molecule has 0 aromatic carbocycles. The lowest BCUT2D eigenvalue weighted by Crippen LogP contribution is -2.45. The van der Waals surface area contributed by atoms with Crippen molar-refractivity contribution in [3.63, 3.8) is 0 Å². The molecule has 1 saturated carbocycles. The zero-order valence-electron chi connectivity index (χ0n) is 11.5. The molecular weight excluding hydrogens is 238 g/mol. The fourth-order valence-corrected chi connectivity index (χ4v) is 2.46. The monoisotopic (exact) mass is 261 g/mol. The number of aliphatic imine (C=N–C) groups is 1. The van der Waals surface area contributed by atoms with Crippen molar-refractivity contribution in [2.45, 2.75) is 45.2 Å². The van der Waals surface area contributed by atoms with Gasteiger partial charge in [0.25, 0.3) is 0 Å². The zero-order valence-corrected chi connectivity index (χ0v) is 11.5. The summed E-state index contributed by atoms with van der Waals surface area (Å²) < 4.78 is 0. The van der Waals surface area contributed by atoms with E-state index in [0.29, 0.717) is 6.04 Å². The molecule has 1 aromatic rings. The molecule has 1 aliphatic rings. The van der Waals surface area contributed by atoms with Gasteiger partial charge in [0.1, 0.15) is 0 Å². The maximum absolute atomic E-state index is 5.65. The van der Waals surface area contributed by atoms with Crippen LogP contribution in [0, 0.1) is 0 Å². The summed E-state index contributed by atoms with van der Waals surface area (Å²) >= 11 is 0. The molecular formula is C14H23N5. The first-order valence-corrected chi connectivity index (χ1v) is 7.01. The molecule has 0 spiro atoms. The minimum absolute atomic E-state index is 0.428. The van der Waals surface area contributed by atoms with Gasteiger partial charge in [0.05, 0.1) is 6.04 Å². The van der Waals surface area contributed by atoms with Crippen LogP contribution in [-0.4, -0.2) is 28.4 Å². The van der Waals surface area contributed by atoms with Gasteiger partial charge in [-0.2, -0.15) is 0 Å². The number of nitrogens with two attached hydrogens (primary N) is 1. The van der Waals surface area contributed by atoms with Gasteiger partial charge in [0.15, 0.2) is 0 Å². The molecule has 104 valence electrons. The van der Waals surface area contributed by atoms with E-state index in [1.54, 1.807) is 0 Å². The Balaban J connectivity index is 2.05. The highest BCUT2D eigenvalue weighted by Crippen LogP contribution is 2.21. The van der Waals surface area contributed by atoms with E-state index < -0.39 is 0 Å². The van der Waals surface area contributed by atoms with E-state index in [1.807, 2.05) is 24.5 Å². The smallest absolute Gasteiger partial charge is 0.208 e. The minimum Gasteiger partial charge on any atom is -0.338 e. The Labute approximate surface area is 114 Å². The summed E-state index contributed by atoms with van der Waals surface area (Å²) in [5.41, 5.74) is 3.97. The third-order valence-electron chi connectivity index (χ3n) is 3.56. The molecule has 0 saturated heterocycles. The number of guanidine groups is 1. The standard InChI is InChI=1S/C14H23N5/c1-2-19(11-12-7-9-16-10-8-12)14(18-15)17-13-5-3-4-6-13/h7-10,13H,2-6,11,15H2,1H3,(H,17,18). The summed E-state index contributed by atoms with van der Waals surface area (Å²) in [5, 5.41) is 0. The second kappa shape index (κ2) is 7.09. The summed E-state index contributed by atoms with van der Waals surface area (Å²) in [7, 11) is 0. The lowest BCUT2D eigenvalue weighted by Gasteiger charge is -2.25. The Hall–Kier alpha value is -1.62. The SMILES string of the molecule is CCN(Cc1ccncc1)C(=NC1CCCC1)NN. The number of nitrogens with zero attached hydrogens (tertiary/aromatic N) is 3. The quantitative estimate of drug-likeness (QED) is 0.374. The predicted octanol–water partition coefficient (Wildman–Crippen LogP) is 1.67. The van der Waals surface area contributed by atoms with Crippen LogP contribution >= 0.6 is 0 Å². The van der Waals surface area contributed by atoms with Crippen LogP contribution < -0.4 is 11.3 Å². The van der Waals surface area contributed by atoms with Crippen molar-refractivity contribution < 1.29 is 0 Å². The van der Waals surface area contributed by atoms with Crippen molar-refractivity contribution in [2.24, 2.45) is 10.8 Å². The van der Waals surface area contributed by atoms with Gasteiger partial charge in [0, 0.05) is 25.5 Å². The summed E-state index contributed by atoms with van der Waals surface area (Å²) in [6, 6.07) is 4.47. The van der Waals surface area contributed by atoms with Crippen LogP contribution in [0.1, 0.15) is 38.2 Å². The number of hydrogen-bond acceptors (Lipinski definition) is 3. The summed E-state index contributed by atoms with van der Waals surface area (Å²) in [5.74, 6) is 6.44. The van der Waals surface area contributed by atoms with E-state index in [0.717, 1.165) is 19.0 Å². The van der Waals surface area contributed by atoms with Crippen LogP contribution in [0.5, 0.6) is 0 Å². The topological polar surface area (TPSA) is 66.5 Å². The molecule has 3 N–H and O–H groups in total. The van der Waals surface area contributed by atoms with Gasteiger partial charge in [-0.3, -0.25) is 10.4 Å². The van der Waals surface area contributed by atoms with E-state index in [1.165, 1.54) is 31.2 Å². The van der Waals surface area contributed by atoms with E-state index >= 15 is 0 Å². The Morgan fingerprint density at radius 1 is 1.42 bits per heavy atom. The average Bonchev–Trinajstić information content (AvgIpc) is 2.96. The molecule has 2 rings (SSSR count). The number of aromatic nitrogens is 1. The van der Waals surface area contributed by atoms with Crippen LogP contribution in [-0.2, 0) is 6.54 Å². The van der Waals surface area contributed by atoms with Crippen LogP contribution in [0.15, 0.2) is 29.5 Å². The van der Waals surface area contributed by atoms with Crippen LogP contribution in [0.25, 0.3) is 0 Å². The first-order chi connectivity index (χ1) is 9.33. The normalized spacial score (nSPS) is 16.6. The van der Waals surface area contributed by atoms with Crippen molar-refractivity contribution in [2.75, 3.05) is 6.54 Å². The van der Waals surface area contributed by atoms with Crippen LogP contribution in [0.4, 0.5) is 0 Å². The molecule has 1 aliphatic carbocycles. The fourth-order valence-electron chi connectivity index (χ4n) is 2.46. The Morgan fingerprint density at radius 2 is 2.11 bits per heavy atom. The number of pyridine rings is 1. The fraction of sp³-hybridized carbons (Fsp3) is 0.571. The van der Waals surface area contributed by atoms with Gasteiger partial charge in [-0.1, -0.05) is 12.8 Å². The predicted molar refractivity (Wildman–Crippen MR) is 77.3 cm³/mol. The number of rotatable bonds is 4. The molecule has 5 nitrogen and oxygen atoms in total. The van der Waals surface area contributed by atoms with Gasteiger partial charge in [-0.15, -0.1) is 0 Å². The number of hydrazine groups is 1. The van der Waals surface area contributed by atoms with Crippen molar-refractivity contribution in [1.82, 2.24) is 15.3 Å². The highest BCUT2D eigenvalue weighted by Gasteiger charge is 2.17.